The first-order chi connectivity index (χ1) is 24.3. The van der Waals surface area contributed by atoms with Gasteiger partial charge in [0.15, 0.2) is 11.6 Å². The van der Waals surface area contributed by atoms with E-state index in [1.165, 1.54) is 21.5 Å². The highest BCUT2D eigenvalue weighted by atomic mass is 15.3. The van der Waals surface area contributed by atoms with E-state index in [2.05, 4.69) is 129 Å². The second kappa shape index (κ2) is 10.9. The van der Waals surface area contributed by atoms with Gasteiger partial charge in [0, 0.05) is 39.1 Å². The Labute approximate surface area is 281 Å². The van der Waals surface area contributed by atoms with Crippen LogP contribution in [0.1, 0.15) is 0 Å². The largest absolute Gasteiger partial charge is 0.309 e. The Kier molecular flexibility index (Phi) is 6.04. The van der Waals surface area contributed by atoms with Crippen molar-refractivity contribution in [3.05, 3.63) is 164 Å². The summed E-state index contributed by atoms with van der Waals surface area (Å²) in [5.41, 5.74) is 7.81. The number of para-hydroxylation sites is 5. The summed E-state index contributed by atoms with van der Waals surface area (Å²) in [6, 6.07) is 54.3. The lowest BCUT2D eigenvalue weighted by atomic mass is 10.2. The Bertz CT molecular complexity index is 2560. The van der Waals surface area contributed by atoms with Crippen LogP contribution in [-0.4, -0.2) is 33.9 Å². The van der Waals surface area contributed by atoms with Gasteiger partial charge >= 0.3 is 0 Å². The molecular formula is C42H27N7. The average Bonchev–Trinajstić information content (AvgIpc) is 3.86. The lowest BCUT2D eigenvalue weighted by Crippen LogP contribution is -2.04. The SMILES string of the molecule is c1ccc(-n2c(-c3cc(-n4c5ccccc5c5ccccc54)ccn3)nnc2-c2cccc(-n3c4ccccc4c4ccccc43)n2)cc1. The number of rotatable bonds is 5. The smallest absolute Gasteiger partial charge is 0.187 e. The zero-order chi connectivity index (χ0) is 32.3. The molecule has 0 atom stereocenters. The summed E-state index contributed by atoms with van der Waals surface area (Å²) in [6.07, 6.45) is 1.85. The minimum Gasteiger partial charge on any atom is -0.309 e. The second-order valence-corrected chi connectivity index (χ2v) is 12.0. The summed E-state index contributed by atoms with van der Waals surface area (Å²) in [6.45, 7) is 0. The van der Waals surface area contributed by atoms with Crippen LogP contribution in [0, 0.1) is 0 Å². The third-order valence-electron chi connectivity index (χ3n) is 9.26. The molecule has 0 saturated heterocycles. The number of fused-ring (bicyclic) bond motifs is 6. The molecule has 5 heterocycles. The number of nitrogens with zero attached hydrogens (tertiary/aromatic N) is 7. The zero-order valence-corrected chi connectivity index (χ0v) is 26.2. The molecule has 7 nitrogen and oxygen atoms in total. The van der Waals surface area contributed by atoms with E-state index >= 15 is 0 Å². The van der Waals surface area contributed by atoms with Crippen LogP contribution < -0.4 is 0 Å². The molecule has 230 valence electrons. The van der Waals surface area contributed by atoms with Gasteiger partial charge in [-0.1, -0.05) is 97.1 Å². The van der Waals surface area contributed by atoms with Gasteiger partial charge in [-0.3, -0.25) is 14.1 Å². The molecule has 5 aromatic heterocycles. The lowest BCUT2D eigenvalue weighted by molar-refractivity contribution is 1.02. The maximum Gasteiger partial charge on any atom is 0.187 e. The van der Waals surface area contributed by atoms with E-state index in [-0.39, 0.29) is 0 Å². The molecule has 0 aliphatic carbocycles. The predicted octanol–water partition coefficient (Wildman–Crippen LogP) is 9.59. The molecule has 7 heteroatoms. The molecule has 0 radical (unpaired) electrons. The number of pyridine rings is 2. The molecule has 0 saturated carbocycles. The number of aromatic nitrogens is 7. The van der Waals surface area contributed by atoms with E-state index in [1.807, 2.05) is 48.7 Å². The van der Waals surface area contributed by atoms with E-state index in [0.29, 0.717) is 23.0 Å². The Morgan fingerprint density at radius 2 is 0.878 bits per heavy atom. The third-order valence-corrected chi connectivity index (χ3v) is 9.26. The molecule has 0 aliphatic heterocycles. The first kappa shape index (κ1) is 27.3. The molecule has 0 amide bonds. The van der Waals surface area contributed by atoms with E-state index in [9.17, 15) is 0 Å². The third kappa shape index (κ3) is 4.22. The van der Waals surface area contributed by atoms with Crippen LogP contribution in [0.5, 0.6) is 0 Å². The van der Waals surface area contributed by atoms with Crippen molar-refractivity contribution >= 4 is 43.6 Å². The minimum atomic E-state index is 0.632. The maximum absolute atomic E-state index is 5.22. The molecule has 0 spiro atoms. The van der Waals surface area contributed by atoms with E-state index < -0.39 is 0 Å². The van der Waals surface area contributed by atoms with Gasteiger partial charge in [0.05, 0.1) is 22.1 Å². The Morgan fingerprint density at radius 1 is 0.367 bits per heavy atom. The molecule has 0 aliphatic rings. The minimum absolute atomic E-state index is 0.632. The van der Waals surface area contributed by atoms with Crippen molar-refractivity contribution in [1.82, 2.24) is 33.9 Å². The highest BCUT2D eigenvalue weighted by Crippen LogP contribution is 2.35. The lowest BCUT2D eigenvalue weighted by Gasteiger charge is -2.13. The average molecular weight is 630 g/mol. The monoisotopic (exact) mass is 629 g/mol. The first-order valence-corrected chi connectivity index (χ1v) is 16.3. The van der Waals surface area contributed by atoms with Crippen LogP contribution in [0.3, 0.4) is 0 Å². The molecule has 0 bridgehead atoms. The van der Waals surface area contributed by atoms with Crippen molar-refractivity contribution in [3.63, 3.8) is 0 Å². The van der Waals surface area contributed by atoms with E-state index in [1.54, 1.807) is 0 Å². The van der Waals surface area contributed by atoms with Gasteiger partial charge in [0.25, 0.3) is 0 Å². The summed E-state index contributed by atoms with van der Waals surface area (Å²) in [5, 5.41) is 14.3. The van der Waals surface area contributed by atoms with Crippen molar-refractivity contribution in [2.45, 2.75) is 0 Å². The molecule has 0 unspecified atom stereocenters. The molecular weight excluding hydrogens is 603 g/mol. The Morgan fingerprint density at radius 3 is 1.47 bits per heavy atom. The summed E-state index contributed by atoms with van der Waals surface area (Å²) in [5.74, 6) is 2.08. The summed E-state index contributed by atoms with van der Waals surface area (Å²) >= 11 is 0. The molecule has 10 rings (SSSR count). The molecule has 0 fully saturated rings. The Balaban J connectivity index is 1.16. The van der Waals surface area contributed by atoms with Gasteiger partial charge in [-0.25, -0.2) is 4.98 Å². The maximum atomic E-state index is 5.22. The predicted molar refractivity (Wildman–Crippen MR) is 196 cm³/mol. The molecule has 10 aromatic rings. The topological polar surface area (TPSA) is 66.3 Å². The standard InChI is InChI=1S/C42H27N7/c1-2-13-28(14-3-1)48-41(34-19-12-24-40(44-34)49-38-22-10-6-17-32(38)33-18-7-11-23-39(33)49)45-46-42(48)35-27-29(25-26-43-35)47-36-20-8-4-15-30(36)31-16-5-9-21-37(31)47/h1-27H. The van der Waals surface area contributed by atoms with Gasteiger partial charge in [0.1, 0.15) is 17.2 Å². The van der Waals surface area contributed by atoms with Crippen molar-refractivity contribution < 1.29 is 0 Å². The highest BCUT2D eigenvalue weighted by molar-refractivity contribution is 6.10. The number of hydrogen-bond acceptors (Lipinski definition) is 4. The van der Waals surface area contributed by atoms with E-state index in [0.717, 1.165) is 39.3 Å². The van der Waals surface area contributed by atoms with Gasteiger partial charge in [-0.05, 0) is 60.7 Å². The van der Waals surface area contributed by atoms with Crippen molar-refractivity contribution in [1.29, 1.82) is 0 Å². The fraction of sp³-hybridized carbons (Fsp3) is 0. The van der Waals surface area contributed by atoms with Crippen molar-refractivity contribution in [3.8, 4) is 40.2 Å². The summed E-state index contributed by atoms with van der Waals surface area (Å²) < 4.78 is 6.56. The number of benzene rings is 5. The van der Waals surface area contributed by atoms with Crippen LogP contribution in [-0.2, 0) is 0 Å². The van der Waals surface area contributed by atoms with Gasteiger partial charge < -0.3 is 4.57 Å². The molecule has 0 N–H and O–H groups in total. The molecule has 5 aromatic carbocycles. The van der Waals surface area contributed by atoms with Crippen LogP contribution in [0.15, 0.2) is 164 Å². The molecule has 49 heavy (non-hydrogen) atoms. The highest BCUT2D eigenvalue weighted by Gasteiger charge is 2.21. The van der Waals surface area contributed by atoms with Crippen molar-refractivity contribution in [2.75, 3.05) is 0 Å². The van der Waals surface area contributed by atoms with Crippen LogP contribution >= 0.6 is 0 Å². The van der Waals surface area contributed by atoms with Crippen LogP contribution in [0.4, 0.5) is 0 Å². The normalized spacial score (nSPS) is 11.7. The zero-order valence-electron chi connectivity index (χ0n) is 26.2. The van der Waals surface area contributed by atoms with Gasteiger partial charge in [0.2, 0.25) is 0 Å². The quantitative estimate of drug-likeness (QED) is 0.190. The fourth-order valence-electron chi connectivity index (χ4n) is 7.16. The second-order valence-electron chi connectivity index (χ2n) is 12.0. The summed E-state index contributed by atoms with van der Waals surface area (Å²) in [7, 11) is 0. The summed E-state index contributed by atoms with van der Waals surface area (Å²) in [4.78, 5) is 10.1. The Hall–Kier alpha value is -6.86. The first-order valence-electron chi connectivity index (χ1n) is 16.3. The van der Waals surface area contributed by atoms with Crippen molar-refractivity contribution in [2.24, 2.45) is 0 Å². The van der Waals surface area contributed by atoms with Crippen LogP contribution in [0.25, 0.3) is 83.8 Å². The number of hydrogen-bond donors (Lipinski definition) is 0. The fourth-order valence-corrected chi connectivity index (χ4v) is 7.16. The van der Waals surface area contributed by atoms with Crippen LogP contribution in [0.2, 0.25) is 0 Å². The van der Waals surface area contributed by atoms with Gasteiger partial charge in [-0.15, -0.1) is 10.2 Å². The van der Waals surface area contributed by atoms with E-state index in [4.69, 9.17) is 20.2 Å². The van der Waals surface area contributed by atoms with Gasteiger partial charge in [-0.2, -0.15) is 0 Å².